The Kier molecular flexibility index (Phi) is 5.43. The molecule has 0 spiro atoms. The molecule has 1 fully saturated rings. The maximum Gasteiger partial charge on any atom is 0.239 e. The fourth-order valence-electron chi connectivity index (χ4n) is 2.40. The van der Waals surface area contributed by atoms with Crippen molar-refractivity contribution in [1.29, 1.82) is 0 Å². The van der Waals surface area contributed by atoms with E-state index in [1.807, 2.05) is 0 Å². The van der Waals surface area contributed by atoms with Crippen molar-refractivity contribution >= 4 is 21.6 Å². The number of rotatable bonds is 5. The van der Waals surface area contributed by atoms with Gasteiger partial charge in [0, 0.05) is 7.11 Å². The fourth-order valence-corrected chi connectivity index (χ4v) is 3.17. The van der Waals surface area contributed by atoms with Crippen LogP contribution >= 0.6 is 11.6 Å². The summed E-state index contributed by atoms with van der Waals surface area (Å²) in [6.45, 7) is 0.512. The number of pyridine rings is 1. The van der Waals surface area contributed by atoms with Gasteiger partial charge in [-0.05, 0) is 37.7 Å². The van der Waals surface area contributed by atoms with Gasteiger partial charge in [0.05, 0.1) is 18.9 Å². The summed E-state index contributed by atoms with van der Waals surface area (Å²) in [5.74, 6) is 0.671. The van der Waals surface area contributed by atoms with Gasteiger partial charge >= 0.3 is 0 Å². The van der Waals surface area contributed by atoms with Crippen LogP contribution in [0.4, 0.5) is 0 Å². The molecule has 6 nitrogen and oxygen atoms in total. The van der Waals surface area contributed by atoms with Crippen LogP contribution in [0.1, 0.15) is 25.7 Å². The van der Waals surface area contributed by atoms with Crippen LogP contribution in [-0.2, 0) is 14.8 Å². The second kappa shape index (κ2) is 6.91. The van der Waals surface area contributed by atoms with E-state index in [1.54, 1.807) is 7.11 Å². The molecule has 2 rings (SSSR count). The Labute approximate surface area is 129 Å². The van der Waals surface area contributed by atoms with Crippen LogP contribution in [0.15, 0.2) is 17.2 Å². The maximum atomic E-state index is 11.2. The number of nitrogens with two attached hydrogens (primary N) is 1. The van der Waals surface area contributed by atoms with Gasteiger partial charge in [-0.15, -0.1) is 0 Å². The van der Waals surface area contributed by atoms with E-state index >= 15 is 0 Å². The van der Waals surface area contributed by atoms with Crippen molar-refractivity contribution in [3.8, 4) is 5.88 Å². The predicted molar refractivity (Wildman–Crippen MR) is 78.9 cm³/mol. The lowest BCUT2D eigenvalue weighted by molar-refractivity contribution is 0.0478. The Bertz CT molecular complexity index is 586. The van der Waals surface area contributed by atoms with Gasteiger partial charge < -0.3 is 9.47 Å². The van der Waals surface area contributed by atoms with Crippen LogP contribution in [-0.4, -0.2) is 33.2 Å². The quantitative estimate of drug-likeness (QED) is 0.888. The highest BCUT2D eigenvalue weighted by molar-refractivity contribution is 7.89. The first-order chi connectivity index (χ1) is 9.90. The molecule has 118 valence electrons. The molecule has 0 aromatic carbocycles. The minimum absolute atomic E-state index is 0.125. The number of sulfonamides is 1. The zero-order valence-electron chi connectivity index (χ0n) is 11.8. The van der Waals surface area contributed by atoms with Crippen molar-refractivity contribution in [3.05, 3.63) is 17.3 Å². The van der Waals surface area contributed by atoms with E-state index in [0.717, 1.165) is 31.9 Å². The maximum absolute atomic E-state index is 11.2. The van der Waals surface area contributed by atoms with Crippen molar-refractivity contribution < 1.29 is 17.9 Å². The largest absolute Gasteiger partial charge is 0.476 e. The topological polar surface area (TPSA) is 91.5 Å². The molecule has 0 radical (unpaired) electrons. The number of hydrogen-bond donors (Lipinski definition) is 1. The van der Waals surface area contributed by atoms with Gasteiger partial charge in [-0.25, -0.2) is 18.5 Å². The Morgan fingerprint density at radius 2 is 2.05 bits per heavy atom. The molecule has 1 aliphatic carbocycles. The molecule has 1 aromatic heterocycles. The van der Waals surface area contributed by atoms with Gasteiger partial charge in [0.2, 0.25) is 15.9 Å². The third-order valence-electron chi connectivity index (χ3n) is 3.69. The van der Waals surface area contributed by atoms with Gasteiger partial charge in [-0.2, -0.15) is 0 Å². The first-order valence-electron chi connectivity index (χ1n) is 6.74. The predicted octanol–water partition coefficient (Wildman–Crippen LogP) is 1.97. The number of hydrogen-bond acceptors (Lipinski definition) is 5. The number of nitrogens with zero attached hydrogens (tertiary/aromatic N) is 1. The van der Waals surface area contributed by atoms with E-state index in [4.69, 9.17) is 26.2 Å². The normalized spacial score (nSPS) is 23.0. The smallest absolute Gasteiger partial charge is 0.239 e. The molecule has 1 saturated carbocycles. The number of methoxy groups -OCH3 is 1. The first-order valence-corrected chi connectivity index (χ1v) is 8.66. The first kappa shape index (κ1) is 16.5. The molecule has 0 bridgehead atoms. The van der Waals surface area contributed by atoms with Gasteiger partial charge in [-0.1, -0.05) is 11.6 Å². The summed E-state index contributed by atoms with van der Waals surface area (Å²) < 4.78 is 33.3. The van der Waals surface area contributed by atoms with Crippen molar-refractivity contribution in [1.82, 2.24) is 4.98 Å². The monoisotopic (exact) mass is 334 g/mol. The van der Waals surface area contributed by atoms with Gasteiger partial charge in [0.1, 0.15) is 9.92 Å². The average molecular weight is 335 g/mol. The van der Waals surface area contributed by atoms with Crippen LogP contribution in [0.5, 0.6) is 5.88 Å². The molecule has 1 aromatic rings. The van der Waals surface area contributed by atoms with E-state index in [-0.39, 0.29) is 15.8 Å². The molecule has 8 heteroatoms. The molecule has 0 aliphatic heterocycles. The van der Waals surface area contributed by atoms with E-state index in [9.17, 15) is 8.42 Å². The molecule has 0 amide bonds. The molecule has 21 heavy (non-hydrogen) atoms. The number of aromatic nitrogens is 1. The highest BCUT2D eigenvalue weighted by Crippen LogP contribution is 2.28. The zero-order valence-corrected chi connectivity index (χ0v) is 13.4. The van der Waals surface area contributed by atoms with Crippen LogP contribution < -0.4 is 9.88 Å². The van der Waals surface area contributed by atoms with E-state index in [0.29, 0.717) is 18.6 Å². The summed E-state index contributed by atoms with van der Waals surface area (Å²) in [5.41, 5.74) is 0. The summed E-state index contributed by atoms with van der Waals surface area (Å²) in [6.07, 6.45) is 5.61. The number of halogens is 1. The molecule has 1 aliphatic rings. The highest BCUT2D eigenvalue weighted by Gasteiger charge is 2.22. The Morgan fingerprint density at radius 1 is 1.38 bits per heavy atom. The average Bonchev–Trinajstić information content (AvgIpc) is 2.45. The molecule has 2 N–H and O–H groups in total. The van der Waals surface area contributed by atoms with Crippen LogP contribution in [0, 0.1) is 5.92 Å². The van der Waals surface area contributed by atoms with Crippen molar-refractivity contribution in [2.75, 3.05) is 13.7 Å². The summed E-state index contributed by atoms with van der Waals surface area (Å²) in [6, 6.07) is 1.25. The summed E-state index contributed by atoms with van der Waals surface area (Å²) in [4.78, 5) is 3.80. The van der Waals surface area contributed by atoms with E-state index < -0.39 is 10.0 Å². The third kappa shape index (κ3) is 4.54. The van der Waals surface area contributed by atoms with E-state index in [2.05, 4.69) is 4.98 Å². The van der Waals surface area contributed by atoms with E-state index in [1.165, 1.54) is 6.07 Å². The molecule has 0 saturated heterocycles. The lowest BCUT2D eigenvalue weighted by Gasteiger charge is -2.27. The minimum Gasteiger partial charge on any atom is -0.476 e. The number of primary sulfonamides is 1. The second-order valence-electron chi connectivity index (χ2n) is 5.19. The Balaban J connectivity index is 1.92. The molecule has 0 unspecified atom stereocenters. The lowest BCUT2D eigenvalue weighted by Crippen LogP contribution is -2.24. The standard InChI is InChI=1S/C13H19ClN2O4S/c1-19-10-4-2-9(3-5-10)8-20-13-12(14)6-11(7-16-13)21(15,17)18/h6-7,9-10H,2-5,8H2,1H3,(H2,15,17,18)/t9-,10+. The molecule has 1 heterocycles. The second-order valence-corrected chi connectivity index (χ2v) is 7.16. The van der Waals surface area contributed by atoms with Crippen molar-refractivity contribution in [3.63, 3.8) is 0 Å². The molecule has 0 atom stereocenters. The van der Waals surface area contributed by atoms with Crippen LogP contribution in [0.3, 0.4) is 0 Å². The zero-order chi connectivity index (χ0) is 15.5. The Hall–Kier alpha value is -0.890. The summed E-state index contributed by atoms with van der Waals surface area (Å²) in [7, 11) is -2.07. The molecular weight excluding hydrogens is 316 g/mol. The Morgan fingerprint density at radius 3 is 2.57 bits per heavy atom. The number of ether oxygens (including phenoxy) is 2. The lowest BCUT2D eigenvalue weighted by atomic mass is 9.88. The summed E-state index contributed by atoms with van der Waals surface area (Å²) in [5, 5.41) is 5.16. The van der Waals surface area contributed by atoms with Gasteiger partial charge in [-0.3, -0.25) is 0 Å². The van der Waals surface area contributed by atoms with Crippen molar-refractivity contribution in [2.24, 2.45) is 11.1 Å². The van der Waals surface area contributed by atoms with Gasteiger partial charge in [0.25, 0.3) is 0 Å². The minimum atomic E-state index is -3.80. The van der Waals surface area contributed by atoms with Crippen LogP contribution in [0.2, 0.25) is 5.02 Å². The van der Waals surface area contributed by atoms with Gasteiger partial charge in [0.15, 0.2) is 0 Å². The SMILES string of the molecule is CO[C@H]1CC[C@@H](COc2ncc(S(N)(=O)=O)cc2Cl)CC1. The third-order valence-corrected chi connectivity index (χ3v) is 4.84. The van der Waals surface area contributed by atoms with Crippen molar-refractivity contribution in [2.45, 2.75) is 36.7 Å². The molecular formula is C13H19ClN2O4S. The summed E-state index contributed by atoms with van der Waals surface area (Å²) >= 11 is 5.97. The van der Waals surface area contributed by atoms with Crippen LogP contribution in [0.25, 0.3) is 0 Å². The highest BCUT2D eigenvalue weighted by atomic mass is 35.5. The fraction of sp³-hybridized carbons (Fsp3) is 0.615.